The number of hydrogen-bond donors (Lipinski definition) is 1. The average Bonchev–Trinajstić information content (AvgIpc) is 2.22. The van der Waals surface area contributed by atoms with Gasteiger partial charge in [-0.15, -0.1) is 0 Å². The highest BCUT2D eigenvalue weighted by atomic mass is 19.1. The maximum Gasteiger partial charge on any atom is 0.257 e. The standard InChI is InChI=1S/C12H14F2N2O/c1-2-16(9-6-15-7-9)12(17)10-4-3-8(13)5-11(10)14/h3-5,9,15H,2,6-7H2,1H3. The number of carbonyl (C=O) groups is 1. The molecule has 0 aromatic heterocycles. The van der Waals surface area contributed by atoms with Crippen LogP contribution in [-0.2, 0) is 0 Å². The maximum absolute atomic E-state index is 13.5. The number of benzene rings is 1. The van der Waals surface area contributed by atoms with Crippen LogP contribution < -0.4 is 5.32 Å². The van der Waals surface area contributed by atoms with Gasteiger partial charge >= 0.3 is 0 Å². The summed E-state index contributed by atoms with van der Waals surface area (Å²) in [6.07, 6.45) is 0. The van der Waals surface area contributed by atoms with Crippen molar-refractivity contribution in [3.05, 3.63) is 35.4 Å². The van der Waals surface area contributed by atoms with E-state index >= 15 is 0 Å². The number of hydrogen-bond acceptors (Lipinski definition) is 2. The van der Waals surface area contributed by atoms with E-state index in [0.717, 1.165) is 25.2 Å². The summed E-state index contributed by atoms with van der Waals surface area (Å²) in [5, 5.41) is 3.06. The van der Waals surface area contributed by atoms with Crippen molar-refractivity contribution in [2.24, 2.45) is 0 Å². The minimum atomic E-state index is -0.805. The Bertz CT molecular complexity index is 433. The number of likely N-dealkylation sites (N-methyl/N-ethyl adjacent to an activating group) is 1. The van der Waals surface area contributed by atoms with Crippen LogP contribution >= 0.6 is 0 Å². The van der Waals surface area contributed by atoms with Crippen molar-refractivity contribution in [1.82, 2.24) is 10.2 Å². The van der Waals surface area contributed by atoms with Gasteiger partial charge in [-0.1, -0.05) is 0 Å². The molecule has 92 valence electrons. The third-order valence-electron chi connectivity index (χ3n) is 2.96. The Morgan fingerprint density at radius 3 is 2.65 bits per heavy atom. The molecule has 0 radical (unpaired) electrons. The normalized spacial score (nSPS) is 15.5. The molecule has 3 nitrogen and oxygen atoms in total. The van der Waals surface area contributed by atoms with E-state index in [1.54, 1.807) is 4.90 Å². The van der Waals surface area contributed by atoms with Crippen molar-refractivity contribution in [1.29, 1.82) is 0 Å². The zero-order chi connectivity index (χ0) is 12.4. The Kier molecular flexibility index (Phi) is 3.38. The average molecular weight is 240 g/mol. The molecule has 1 amide bonds. The molecule has 0 aliphatic carbocycles. The van der Waals surface area contributed by atoms with E-state index in [-0.39, 0.29) is 17.5 Å². The van der Waals surface area contributed by atoms with Gasteiger partial charge in [-0.2, -0.15) is 0 Å². The highest BCUT2D eigenvalue weighted by molar-refractivity contribution is 5.94. The lowest BCUT2D eigenvalue weighted by molar-refractivity contribution is 0.0625. The third kappa shape index (κ3) is 2.29. The van der Waals surface area contributed by atoms with E-state index in [0.29, 0.717) is 6.54 Å². The molecule has 1 aromatic rings. The molecule has 0 saturated carbocycles. The molecule has 0 spiro atoms. The SMILES string of the molecule is CCN(C(=O)c1ccc(F)cc1F)C1CNC1. The first-order valence-electron chi connectivity index (χ1n) is 5.60. The van der Waals surface area contributed by atoms with Gasteiger partial charge in [0.25, 0.3) is 5.91 Å². The molecule has 1 N–H and O–H groups in total. The van der Waals surface area contributed by atoms with Crippen LogP contribution in [0.25, 0.3) is 0 Å². The van der Waals surface area contributed by atoms with Gasteiger partial charge in [0.05, 0.1) is 11.6 Å². The van der Waals surface area contributed by atoms with E-state index in [4.69, 9.17) is 0 Å². The first-order valence-corrected chi connectivity index (χ1v) is 5.60. The van der Waals surface area contributed by atoms with Gasteiger partial charge in [-0.3, -0.25) is 4.79 Å². The molecular formula is C12H14F2N2O. The Labute approximate surface area is 98.4 Å². The van der Waals surface area contributed by atoms with Crippen LogP contribution in [0.15, 0.2) is 18.2 Å². The fourth-order valence-electron chi connectivity index (χ4n) is 1.88. The van der Waals surface area contributed by atoms with E-state index in [1.807, 2.05) is 6.92 Å². The summed E-state index contributed by atoms with van der Waals surface area (Å²) in [5.74, 6) is -1.86. The molecule has 1 fully saturated rings. The molecule has 2 rings (SSSR count). The van der Waals surface area contributed by atoms with E-state index in [1.165, 1.54) is 6.07 Å². The zero-order valence-corrected chi connectivity index (χ0v) is 9.54. The molecule has 1 heterocycles. The van der Waals surface area contributed by atoms with Crippen LogP contribution in [0.5, 0.6) is 0 Å². The van der Waals surface area contributed by atoms with Crippen LogP contribution in [0.4, 0.5) is 8.78 Å². The molecule has 5 heteroatoms. The van der Waals surface area contributed by atoms with Crippen molar-refractivity contribution >= 4 is 5.91 Å². The number of carbonyl (C=O) groups excluding carboxylic acids is 1. The monoisotopic (exact) mass is 240 g/mol. The third-order valence-corrected chi connectivity index (χ3v) is 2.96. The number of rotatable bonds is 3. The molecular weight excluding hydrogens is 226 g/mol. The second-order valence-electron chi connectivity index (χ2n) is 4.03. The quantitative estimate of drug-likeness (QED) is 0.866. The minimum absolute atomic E-state index is 0.0693. The van der Waals surface area contributed by atoms with E-state index in [9.17, 15) is 13.6 Å². The summed E-state index contributed by atoms with van der Waals surface area (Å²) in [6.45, 7) is 3.81. The Morgan fingerprint density at radius 1 is 1.47 bits per heavy atom. The number of nitrogens with zero attached hydrogens (tertiary/aromatic N) is 1. The summed E-state index contributed by atoms with van der Waals surface area (Å²) in [6, 6.07) is 3.14. The van der Waals surface area contributed by atoms with E-state index in [2.05, 4.69) is 5.32 Å². The van der Waals surface area contributed by atoms with Gasteiger partial charge in [0.2, 0.25) is 0 Å². The molecule has 1 aromatic carbocycles. The first kappa shape index (κ1) is 12.0. The predicted octanol–water partition coefficient (Wildman–Crippen LogP) is 1.40. The Morgan fingerprint density at radius 2 is 2.18 bits per heavy atom. The molecule has 0 bridgehead atoms. The highest BCUT2D eigenvalue weighted by Gasteiger charge is 2.29. The van der Waals surface area contributed by atoms with Gasteiger partial charge in [0.1, 0.15) is 11.6 Å². The highest BCUT2D eigenvalue weighted by Crippen LogP contribution is 2.15. The van der Waals surface area contributed by atoms with Gasteiger partial charge in [0.15, 0.2) is 0 Å². The van der Waals surface area contributed by atoms with Crippen molar-refractivity contribution in [3.8, 4) is 0 Å². The number of nitrogens with one attached hydrogen (secondary N) is 1. The lowest BCUT2D eigenvalue weighted by Crippen LogP contribution is -2.58. The number of halogens is 2. The molecule has 17 heavy (non-hydrogen) atoms. The summed E-state index contributed by atoms with van der Waals surface area (Å²) in [7, 11) is 0. The first-order chi connectivity index (χ1) is 8.13. The lowest BCUT2D eigenvalue weighted by Gasteiger charge is -2.37. The van der Waals surface area contributed by atoms with Gasteiger partial charge in [0, 0.05) is 25.7 Å². The van der Waals surface area contributed by atoms with E-state index < -0.39 is 11.6 Å². The lowest BCUT2D eigenvalue weighted by atomic mass is 10.1. The van der Waals surface area contributed by atoms with Gasteiger partial charge in [-0.05, 0) is 19.1 Å². The van der Waals surface area contributed by atoms with Crippen LogP contribution in [0.2, 0.25) is 0 Å². The molecule has 1 aliphatic rings. The van der Waals surface area contributed by atoms with Crippen LogP contribution in [-0.4, -0.2) is 36.5 Å². The molecule has 0 atom stereocenters. The minimum Gasteiger partial charge on any atom is -0.333 e. The summed E-state index contributed by atoms with van der Waals surface area (Å²) in [4.78, 5) is 13.7. The van der Waals surface area contributed by atoms with Crippen LogP contribution in [0.3, 0.4) is 0 Å². The summed E-state index contributed by atoms with van der Waals surface area (Å²) >= 11 is 0. The predicted molar refractivity (Wildman–Crippen MR) is 59.7 cm³/mol. The van der Waals surface area contributed by atoms with Gasteiger partial charge < -0.3 is 10.2 Å². The maximum atomic E-state index is 13.5. The summed E-state index contributed by atoms with van der Waals surface area (Å²) in [5.41, 5.74) is -0.0693. The van der Waals surface area contributed by atoms with Crippen molar-refractivity contribution in [3.63, 3.8) is 0 Å². The summed E-state index contributed by atoms with van der Waals surface area (Å²) < 4.78 is 26.2. The fraction of sp³-hybridized carbons (Fsp3) is 0.417. The van der Waals surface area contributed by atoms with Gasteiger partial charge in [-0.25, -0.2) is 8.78 Å². The van der Waals surface area contributed by atoms with Crippen LogP contribution in [0.1, 0.15) is 17.3 Å². The Hall–Kier alpha value is -1.49. The molecule has 1 saturated heterocycles. The van der Waals surface area contributed by atoms with Crippen molar-refractivity contribution in [2.75, 3.05) is 19.6 Å². The fourth-order valence-corrected chi connectivity index (χ4v) is 1.88. The second-order valence-corrected chi connectivity index (χ2v) is 4.03. The zero-order valence-electron chi connectivity index (χ0n) is 9.54. The Balaban J connectivity index is 2.22. The topological polar surface area (TPSA) is 32.3 Å². The second kappa shape index (κ2) is 4.79. The van der Waals surface area contributed by atoms with Crippen molar-refractivity contribution < 1.29 is 13.6 Å². The molecule has 0 unspecified atom stereocenters. The van der Waals surface area contributed by atoms with Crippen molar-refractivity contribution in [2.45, 2.75) is 13.0 Å². The van der Waals surface area contributed by atoms with Crippen LogP contribution in [0, 0.1) is 11.6 Å². The largest absolute Gasteiger partial charge is 0.333 e. The molecule has 1 aliphatic heterocycles. The smallest absolute Gasteiger partial charge is 0.257 e. The number of amides is 1.